The summed E-state index contributed by atoms with van der Waals surface area (Å²) in [6.07, 6.45) is 0.993. The van der Waals surface area contributed by atoms with Gasteiger partial charge in [0, 0.05) is 12.3 Å². The number of nitrogens with zero attached hydrogens (tertiary/aromatic N) is 3. The average Bonchev–Trinajstić information content (AvgIpc) is 2.95. The molecule has 0 saturated carbocycles. The summed E-state index contributed by atoms with van der Waals surface area (Å²) in [6, 6.07) is 14.8. The fourth-order valence-electron chi connectivity index (χ4n) is 2.55. The van der Waals surface area contributed by atoms with E-state index in [1.807, 2.05) is 4.57 Å². The number of thioether (sulfide) groups is 1. The van der Waals surface area contributed by atoms with Crippen molar-refractivity contribution in [2.45, 2.75) is 37.4 Å². The fraction of sp³-hybridized carbons (Fsp3) is 0.294. The van der Waals surface area contributed by atoms with Crippen LogP contribution in [0.15, 0.2) is 47.6 Å². The first kappa shape index (κ1) is 15.1. The lowest BCUT2D eigenvalue weighted by atomic mass is 10.1. The molecule has 0 aliphatic heterocycles. The van der Waals surface area contributed by atoms with Crippen molar-refractivity contribution in [3.63, 3.8) is 0 Å². The van der Waals surface area contributed by atoms with E-state index >= 15 is 0 Å². The number of aromatic nitrogens is 3. The monoisotopic (exact) mass is 313 g/mol. The molecule has 0 spiro atoms. The van der Waals surface area contributed by atoms with Gasteiger partial charge in [0.05, 0.1) is 0 Å². The van der Waals surface area contributed by atoms with Gasteiger partial charge >= 0.3 is 0 Å². The number of rotatable bonds is 6. The van der Waals surface area contributed by atoms with E-state index in [4.69, 9.17) is 0 Å². The van der Waals surface area contributed by atoms with E-state index in [0.29, 0.717) is 5.82 Å². The molecule has 0 radical (unpaired) electrons. The molecule has 0 bridgehead atoms. The Hall–Kier alpha value is -1.85. The zero-order valence-corrected chi connectivity index (χ0v) is 13.4. The average molecular weight is 313 g/mol. The van der Waals surface area contributed by atoms with Crippen LogP contribution in [-0.2, 0) is 18.9 Å². The smallest absolute Gasteiger partial charge is 0.191 e. The van der Waals surface area contributed by atoms with Gasteiger partial charge in [0.25, 0.3) is 0 Å². The molecule has 4 nitrogen and oxygen atoms in total. The summed E-state index contributed by atoms with van der Waals surface area (Å²) >= 11 is 1.67. The third-order valence-corrected chi connectivity index (χ3v) is 4.63. The molecule has 0 aliphatic rings. The van der Waals surface area contributed by atoms with Crippen LogP contribution in [0.25, 0.3) is 10.8 Å². The van der Waals surface area contributed by atoms with Crippen LogP contribution >= 0.6 is 11.8 Å². The van der Waals surface area contributed by atoms with Gasteiger partial charge in [-0.2, -0.15) is 0 Å². The van der Waals surface area contributed by atoms with Crippen molar-refractivity contribution in [1.82, 2.24) is 14.8 Å². The molecule has 3 aromatic rings. The Bertz CT molecular complexity index is 764. The van der Waals surface area contributed by atoms with Gasteiger partial charge in [-0.05, 0) is 22.8 Å². The largest absolute Gasteiger partial charge is 0.388 e. The number of aliphatic hydroxyl groups excluding tert-OH is 1. The first-order chi connectivity index (χ1) is 10.8. The molecule has 3 rings (SSSR count). The van der Waals surface area contributed by atoms with E-state index in [0.717, 1.165) is 23.9 Å². The minimum absolute atomic E-state index is 0.0676. The van der Waals surface area contributed by atoms with Crippen LogP contribution in [0, 0.1) is 0 Å². The summed E-state index contributed by atoms with van der Waals surface area (Å²) in [7, 11) is 0. The number of hydrogen-bond acceptors (Lipinski definition) is 4. The van der Waals surface area contributed by atoms with Crippen LogP contribution < -0.4 is 0 Å². The van der Waals surface area contributed by atoms with Gasteiger partial charge in [0.2, 0.25) is 0 Å². The fourth-order valence-corrected chi connectivity index (χ4v) is 3.54. The summed E-state index contributed by atoms with van der Waals surface area (Å²) in [5.74, 6) is 1.48. The predicted molar refractivity (Wildman–Crippen MR) is 89.7 cm³/mol. The number of hydrogen-bond donors (Lipinski definition) is 1. The molecule has 0 amide bonds. The van der Waals surface area contributed by atoms with E-state index < -0.39 is 0 Å². The van der Waals surface area contributed by atoms with E-state index in [9.17, 15) is 5.11 Å². The summed E-state index contributed by atoms with van der Waals surface area (Å²) < 4.78 is 2.01. The SMILES string of the molecule is CCCn1c(CO)nnc1SCc1cccc2ccccc12. The normalized spacial score (nSPS) is 11.2. The van der Waals surface area contributed by atoms with Crippen LogP contribution in [0.4, 0.5) is 0 Å². The second kappa shape index (κ2) is 6.94. The van der Waals surface area contributed by atoms with Gasteiger partial charge in [-0.15, -0.1) is 10.2 Å². The Balaban J connectivity index is 1.84. The molecule has 1 heterocycles. The van der Waals surface area contributed by atoms with Crippen LogP contribution in [0.1, 0.15) is 24.7 Å². The molecule has 1 aromatic heterocycles. The molecule has 5 heteroatoms. The highest BCUT2D eigenvalue weighted by molar-refractivity contribution is 7.98. The number of aliphatic hydroxyl groups is 1. The van der Waals surface area contributed by atoms with Gasteiger partial charge in [0.1, 0.15) is 6.61 Å². The first-order valence-corrected chi connectivity index (χ1v) is 8.44. The highest BCUT2D eigenvalue weighted by Crippen LogP contribution is 2.27. The molecular weight excluding hydrogens is 294 g/mol. The maximum Gasteiger partial charge on any atom is 0.191 e. The third-order valence-electron chi connectivity index (χ3n) is 3.62. The highest BCUT2D eigenvalue weighted by Gasteiger charge is 2.11. The van der Waals surface area contributed by atoms with Gasteiger partial charge in [-0.25, -0.2) is 0 Å². The molecule has 0 unspecified atom stereocenters. The van der Waals surface area contributed by atoms with Gasteiger partial charge in [-0.1, -0.05) is 61.2 Å². The van der Waals surface area contributed by atoms with E-state index in [1.165, 1.54) is 16.3 Å². The van der Waals surface area contributed by atoms with Gasteiger partial charge < -0.3 is 9.67 Å². The van der Waals surface area contributed by atoms with Crippen LogP contribution in [-0.4, -0.2) is 19.9 Å². The van der Waals surface area contributed by atoms with Crippen LogP contribution in [0.5, 0.6) is 0 Å². The van der Waals surface area contributed by atoms with Crippen LogP contribution in [0.3, 0.4) is 0 Å². The van der Waals surface area contributed by atoms with Crippen LogP contribution in [0.2, 0.25) is 0 Å². The number of fused-ring (bicyclic) bond motifs is 1. The molecule has 2 aromatic carbocycles. The molecular formula is C17H19N3OS. The second-order valence-electron chi connectivity index (χ2n) is 5.14. The first-order valence-electron chi connectivity index (χ1n) is 7.46. The third kappa shape index (κ3) is 3.00. The minimum Gasteiger partial charge on any atom is -0.388 e. The summed E-state index contributed by atoms with van der Waals surface area (Å²) in [5.41, 5.74) is 1.29. The van der Waals surface area contributed by atoms with Crippen molar-refractivity contribution in [1.29, 1.82) is 0 Å². The minimum atomic E-state index is -0.0676. The van der Waals surface area contributed by atoms with E-state index in [1.54, 1.807) is 11.8 Å². The lowest BCUT2D eigenvalue weighted by Crippen LogP contribution is -2.04. The predicted octanol–water partition coefficient (Wildman–Crippen LogP) is 3.63. The standard InChI is InChI=1S/C17H19N3OS/c1-2-10-20-16(11-21)18-19-17(20)22-12-14-8-5-7-13-6-3-4-9-15(13)14/h3-9,21H,2,10-12H2,1H3. The molecule has 0 fully saturated rings. The Morgan fingerprint density at radius 2 is 1.91 bits per heavy atom. The van der Waals surface area contributed by atoms with Crippen molar-refractivity contribution in [2.24, 2.45) is 0 Å². The zero-order chi connectivity index (χ0) is 15.4. The van der Waals surface area contributed by atoms with Crippen molar-refractivity contribution in [3.8, 4) is 0 Å². The molecule has 0 atom stereocenters. The molecule has 0 saturated heterocycles. The van der Waals surface area contributed by atoms with Crippen molar-refractivity contribution in [2.75, 3.05) is 0 Å². The zero-order valence-electron chi connectivity index (χ0n) is 12.6. The highest BCUT2D eigenvalue weighted by atomic mass is 32.2. The molecule has 0 aliphatic carbocycles. The van der Waals surface area contributed by atoms with Crippen molar-refractivity contribution >= 4 is 22.5 Å². The molecule has 22 heavy (non-hydrogen) atoms. The van der Waals surface area contributed by atoms with E-state index in [-0.39, 0.29) is 6.61 Å². The maximum absolute atomic E-state index is 9.35. The van der Waals surface area contributed by atoms with Crippen molar-refractivity contribution < 1.29 is 5.11 Å². The maximum atomic E-state index is 9.35. The van der Waals surface area contributed by atoms with E-state index in [2.05, 4.69) is 59.6 Å². The van der Waals surface area contributed by atoms with Crippen molar-refractivity contribution in [3.05, 3.63) is 53.9 Å². The summed E-state index contributed by atoms with van der Waals surface area (Å²) in [6.45, 7) is 2.88. The number of benzene rings is 2. The summed E-state index contributed by atoms with van der Waals surface area (Å²) in [5, 5.41) is 21.0. The van der Waals surface area contributed by atoms with Gasteiger partial charge in [0.15, 0.2) is 11.0 Å². The molecule has 114 valence electrons. The quantitative estimate of drug-likeness (QED) is 0.706. The Morgan fingerprint density at radius 1 is 1.09 bits per heavy atom. The Morgan fingerprint density at radius 3 is 2.73 bits per heavy atom. The Labute approximate surface area is 134 Å². The Kier molecular flexibility index (Phi) is 4.75. The second-order valence-corrected chi connectivity index (χ2v) is 6.08. The van der Waals surface area contributed by atoms with Gasteiger partial charge in [-0.3, -0.25) is 0 Å². The lowest BCUT2D eigenvalue weighted by Gasteiger charge is -2.09. The summed E-state index contributed by atoms with van der Waals surface area (Å²) in [4.78, 5) is 0. The lowest BCUT2D eigenvalue weighted by molar-refractivity contribution is 0.263. The topological polar surface area (TPSA) is 50.9 Å². The molecule has 1 N–H and O–H groups in total.